The second-order valence-corrected chi connectivity index (χ2v) is 7.69. The lowest BCUT2D eigenvalue weighted by molar-refractivity contribution is -0.137. The highest BCUT2D eigenvalue weighted by molar-refractivity contribution is 6.07. The molecule has 31 heavy (non-hydrogen) atoms. The molecule has 3 heterocycles. The minimum atomic E-state index is -4.49. The number of carbonyl (C=O) groups excluding carboxylic acids is 1. The summed E-state index contributed by atoms with van der Waals surface area (Å²) in [5.74, 6) is 0.225. The van der Waals surface area contributed by atoms with Crippen LogP contribution in [0.25, 0.3) is 5.82 Å². The summed E-state index contributed by atoms with van der Waals surface area (Å²) in [7, 11) is 0. The molecule has 0 atom stereocenters. The maximum Gasteiger partial charge on any atom is 0.416 e. The van der Waals surface area contributed by atoms with Crippen molar-refractivity contribution in [2.45, 2.75) is 32.9 Å². The topological polar surface area (TPSA) is 50.2 Å². The summed E-state index contributed by atoms with van der Waals surface area (Å²) >= 11 is 0. The van der Waals surface area contributed by atoms with Crippen molar-refractivity contribution in [1.82, 2.24) is 9.55 Å². The van der Waals surface area contributed by atoms with E-state index in [4.69, 9.17) is 0 Å². The minimum absolute atomic E-state index is 0.171. The Morgan fingerprint density at radius 1 is 1.06 bits per heavy atom. The molecule has 1 aliphatic heterocycles. The van der Waals surface area contributed by atoms with E-state index < -0.39 is 17.6 Å². The molecule has 0 spiro atoms. The molecule has 5 nitrogen and oxygen atoms in total. The Kier molecular flexibility index (Phi) is 5.47. The highest BCUT2D eigenvalue weighted by atomic mass is 19.4. The normalized spacial score (nSPS) is 14.2. The van der Waals surface area contributed by atoms with Crippen LogP contribution < -0.4 is 10.2 Å². The molecule has 4 rings (SSSR count). The van der Waals surface area contributed by atoms with E-state index in [9.17, 15) is 18.0 Å². The number of halogens is 3. The number of alkyl halides is 3. The Labute approximate surface area is 178 Å². The zero-order chi connectivity index (χ0) is 22.2. The number of amides is 1. The number of aryl methyl sites for hydroxylation is 1. The first kappa shape index (κ1) is 21.0. The van der Waals surface area contributed by atoms with Crippen molar-refractivity contribution in [2.75, 3.05) is 23.3 Å². The molecule has 1 aromatic carbocycles. The highest BCUT2D eigenvalue weighted by Crippen LogP contribution is 2.37. The molecule has 2 aromatic heterocycles. The quantitative estimate of drug-likeness (QED) is 0.609. The molecular formula is C23H23F3N4O. The van der Waals surface area contributed by atoms with Gasteiger partial charge in [0.1, 0.15) is 5.82 Å². The maximum atomic E-state index is 13.3. The van der Waals surface area contributed by atoms with E-state index in [-0.39, 0.29) is 5.69 Å². The number of aromatic nitrogens is 2. The van der Waals surface area contributed by atoms with Crippen LogP contribution in [0.2, 0.25) is 0 Å². The second-order valence-electron chi connectivity index (χ2n) is 7.69. The largest absolute Gasteiger partial charge is 0.416 e. The molecule has 1 N–H and O–H groups in total. The molecule has 1 fully saturated rings. The lowest BCUT2D eigenvalue weighted by atomic mass is 10.1. The first-order valence-electron chi connectivity index (χ1n) is 10.1. The van der Waals surface area contributed by atoms with E-state index in [1.807, 2.05) is 28.5 Å². The number of pyridine rings is 1. The van der Waals surface area contributed by atoms with Crippen LogP contribution in [0, 0.1) is 13.8 Å². The lowest BCUT2D eigenvalue weighted by Crippen LogP contribution is -2.22. The van der Waals surface area contributed by atoms with E-state index in [0.29, 0.717) is 22.8 Å². The number of anilines is 2. The summed E-state index contributed by atoms with van der Waals surface area (Å²) in [6, 6.07) is 10.7. The van der Waals surface area contributed by atoms with Gasteiger partial charge in [-0.25, -0.2) is 4.98 Å². The van der Waals surface area contributed by atoms with Gasteiger partial charge in [-0.2, -0.15) is 13.2 Å². The van der Waals surface area contributed by atoms with E-state index in [0.717, 1.165) is 43.8 Å². The summed E-state index contributed by atoms with van der Waals surface area (Å²) in [6.45, 7) is 5.16. The second kappa shape index (κ2) is 8.09. The highest BCUT2D eigenvalue weighted by Gasteiger charge is 2.32. The number of nitrogens with zero attached hydrogens (tertiary/aromatic N) is 3. The molecule has 1 aliphatic rings. The summed E-state index contributed by atoms with van der Waals surface area (Å²) in [6.07, 6.45) is -0.879. The third-order valence-corrected chi connectivity index (χ3v) is 5.57. The fourth-order valence-corrected chi connectivity index (χ4v) is 4.07. The maximum absolute atomic E-state index is 13.3. The Balaban J connectivity index is 1.70. The molecule has 0 unspecified atom stereocenters. The van der Waals surface area contributed by atoms with Crippen LogP contribution >= 0.6 is 0 Å². The van der Waals surface area contributed by atoms with E-state index in [2.05, 4.69) is 10.3 Å². The average molecular weight is 428 g/mol. The number of benzene rings is 1. The third-order valence-electron chi connectivity index (χ3n) is 5.57. The van der Waals surface area contributed by atoms with Crippen molar-refractivity contribution in [2.24, 2.45) is 0 Å². The number of carbonyl (C=O) groups is 1. The molecule has 1 saturated heterocycles. The monoisotopic (exact) mass is 428 g/mol. The van der Waals surface area contributed by atoms with Gasteiger partial charge in [0.15, 0.2) is 0 Å². The van der Waals surface area contributed by atoms with Gasteiger partial charge in [0, 0.05) is 30.7 Å². The fraction of sp³-hybridized carbons (Fsp3) is 0.304. The van der Waals surface area contributed by atoms with Crippen LogP contribution in [0.3, 0.4) is 0 Å². The third kappa shape index (κ3) is 4.15. The fourth-order valence-electron chi connectivity index (χ4n) is 4.07. The van der Waals surface area contributed by atoms with Gasteiger partial charge < -0.3 is 14.8 Å². The van der Waals surface area contributed by atoms with Crippen molar-refractivity contribution in [3.05, 3.63) is 71.2 Å². The van der Waals surface area contributed by atoms with Crippen molar-refractivity contribution in [1.29, 1.82) is 0 Å². The van der Waals surface area contributed by atoms with Crippen molar-refractivity contribution < 1.29 is 18.0 Å². The van der Waals surface area contributed by atoms with Gasteiger partial charge >= 0.3 is 6.18 Å². The van der Waals surface area contributed by atoms with Crippen molar-refractivity contribution >= 4 is 17.3 Å². The molecule has 0 radical (unpaired) electrons. The van der Waals surface area contributed by atoms with E-state index in [1.165, 1.54) is 6.07 Å². The molecule has 1 amide bonds. The SMILES string of the molecule is Cc1cc(C(=O)Nc2cc(C(F)(F)F)ccc2N2CCCC2)c(C)n1-c1ccccn1. The summed E-state index contributed by atoms with van der Waals surface area (Å²) in [4.78, 5) is 19.5. The number of hydrogen-bond acceptors (Lipinski definition) is 3. The number of rotatable bonds is 4. The summed E-state index contributed by atoms with van der Waals surface area (Å²) in [5.41, 5.74) is 1.87. The molecular weight excluding hydrogens is 405 g/mol. The van der Waals surface area contributed by atoms with Crippen LogP contribution in [-0.4, -0.2) is 28.5 Å². The Bertz CT molecular complexity index is 1100. The van der Waals surface area contributed by atoms with Crippen molar-refractivity contribution in [3.63, 3.8) is 0 Å². The molecule has 162 valence electrons. The van der Waals surface area contributed by atoms with Gasteiger partial charge in [-0.15, -0.1) is 0 Å². The standard InChI is InChI=1S/C23H23F3N4O/c1-15-13-18(16(2)30(15)21-7-3-4-10-27-21)22(31)28-19-14-17(23(24,25)26)8-9-20(19)29-11-5-6-12-29/h3-4,7-10,13-14H,5-6,11-12H2,1-2H3,(H,28,31). The molecule has 0 bridgehead atoms. The lowest BCUT2D eigenvalue weighted by Gasteiger charge is -2.23. The first-order valence-corrected chi connectivity index (χ1v) is 10.1. The predicted molar refractivity (Wildman–Crippen MR) is 114 cm³/mol. The predicted octanol–water partition coefficient (Wildman–Crippen LogP) is 5.36. The van der Waals surface area contributed by atoms with Gasteiger partial charge in [0.2, 0.25) is 0 Å². The van der Waals surface area contributed by atoms with Crippen LogP contribution in [0.5, 0.6) is 0 Å². The Morgan fingerprint density at radius 3 is 2.45 bits per heavy atom. The van der Waals surface area contributed by atoms with E-state index in [1.54, 1.807) is 25.3 Å². The van der Waals surface area contributed by atoms with Gasteiger partial charge in [-0.3, -0.25) is 4.79 Å². The Morgan fingerprint density at radius 2 is 1.81 bits per heavy atom. The molecule has 8 heteroatoms. The minimum Gasteiger partial charge on any atom is -0.370 e. The molecule has 3 aromatic rings. The molecule has 0 aliphatic carbocycles. The van der Waals surface area contributed by atoms with E-state index >= 15 is 0 Å². The molecule has 0 saturated carbocycles. The van der Waals surface area contributed by atoms with Gasteiger partial charge in [-0.1, -0.05) is 6.07 Å². The average Bonchev–Trinajstić information content (AvgIpc) is 3.36. The van der Waals surface area contributed by atoms with Crippen LogP contribution in [-0.2, 0) is 6.18 Å². The zero-order valence-corrected chi connectivity index (χ0v) is 17.3. The summed E-state index contributed by atoms with van der Waals surface area (Å²) in [5, 5.41) is 2.73. The van der Waals surface area contributed by atoms with Crippen LogP contribution in [0.15, 0.2) is 48.7 Å². The number of nitrogens with one attached hydrogen (secondary N) is 1. The first-order chi connectivity index (χ1) is 14.8. The van der Waals surface area contributed by atoms with Crippen molar-refractivity contribution in [3.8, 4) is 5.82 Å². The Hall–Kier alpha value is -3.29. The smallest absolute Gasteiger partial charge is 0.370 e. The summed E-state index contributed by atoms with van der Waals surface area (Å²) < 4.78 is 41.8. The van der Waals surface area contributed by atoms with Gasteiger partial charge in [0.25, 0.3) is 5.91 Å². The van der Waals surface area contributed by atoms with Gasteiger partial charge in [-0.05, 0) is 63.1 Å². The van der Waals surface area contributed by atoms with Crippen LogP contribution in [0.1, 0.15) is 40.2 Å². The zero-order valence-electron chi connectivity index (χ0n) is 17.3. The number of hydrogen-bond donors (Lipinski definition) is 1. The van der Waals surface area contributed by atoms with Gasteiger partial charge in [0.05, 0.1) is 22.5 Å². The van der Waals surface area contributed by atoms with Crippen LogP contribution in [0.4, 0.5) is 24.5 Å².